The van der Waals surface area contributed by atoms with Crippen LogP contribution in [0.4, 0.5) is 0 Å². The molecule has 0 unspecified atom stereocenters. The van der Waals surface area contributed by atoms with Crippen molar-refractivity contribution in [1.29, 1.82) is 0 Å². The molecule has 4 rings (SSSR count). The number of phenolic OH excluding ortho intramolecular Hbond substituents is 2. The van der Waals surface area contributed by atoms with Crippen LogP contribution in [0.1, 0.15) is 176 Å². The number of aliphatic hydroxyl groups is 1. The molecule has 4 heteroatoms. The second kappa shape index (κ2) is 22.1. The van der Waals surface area contributed by atoms with Gasteiger partial charge in [0, 0.05) is 17.3 Å². The lowest BCUT2D eigenvalue weighted by atomic mass is 9.69. The molecular weight excluding hydrogens is 713 g/mol. The zero-order chi connectivity index (χ0) is 43.1. The molecule has 0 atom stereocenters. The summed E-state index contributed by atoms with van der Waals surface area (Å²) in [6.07, 6.45) is 17.8. The van der Waals surface area contributed by atoms with Crippen LogP contribution in [0.15, 0.2) is 84.9 Å². The highest BCUT2D eigenvalue weighted by atomic mass is 16.3. The van der Waals surface area contributed by atoms with Gasteiger partial charge < -0.3 is 15.3 Å². The molecule has 0 saturated carbocycles. The number of benzene rings is 4. The highest BCUT2D eigenvalue weighted by Gasteiger charge is 2.33. The van der Waals surface area contributed by atoms with E-state index in [1.165, 1.54) is 38.9 Å². The van der Waals surface area contributed by atoms with Crippen molar-refractivity contribution in [2.24, 2.45) is 0 Å². The lowest BCUT2D eigenvalue weighted by Gasteiger charge is -2.34. The van der Waals surface area contributed by atoms with Gasteiger partial charge in [0.15, 0.2) is 5.78 Å². The number of allylic oxidation sites excluding steroid dienone is 1. The molecule has 0 aliphatic carbocycles. The van der Waals surface area contributed by atoms with Crippen molar-refractivity contribution in [3.05, 3.63) is 141 Å². The van der Waals surface area contributed by atoms with Crippen LogP contribution >= 0.6 is 0 Å². The summed E-state index contributed by atoms with van der Waals surface area (Å²) in [5.74, 6) is 0.853. The molecule has 0 saturated heterocycles. The van der Waals surface area contributed by atoms with E-state index in [0.717, 1.165) is 80.9 Å². The zero-order valence-electron chi connectivity index (χ0n) is 37.8. The molecule has 0 aromatic heterocycles. The highest BCUT2D eigenvalue weighted by Crippen LogP contribution is 2.42. The first-order valence-corrected chi connectivity index (χ1v) is 22.2. The van der Waals surface area contributed by atoms with Crippen LogP contribution in [0.5, 0.6) is 11.5 Å². The molecule has 0 radical (unpaired) electrons. The minimum atomic E-state index is -0.734. The summed E-state index contributed by atoms with van der Waals surface area (Å²) in [5.41, 5.74) is 11.1. The Morgan fingerprint density at radius 3 is 1.26 bits per heavy atom. The van der Waals surface area contributed by atoms with E-state index >= 15 is 0 Å². The van der Waals surface area contributed by atoms with Crippen LogP contribution in [0.25, 0.3) is 12.2 Å². The molecule has 58 heavy (non-hydrogen) atoms. The maximum atomic E-state index is 11.7. The van der Waals surface area contributed by atoms with Gasteiger partial charge in [0.05, 0.1) is 5.60 Å². The van der Waals surface area contributed by atoms with Crippen molar-refractivity contribution in [2.75, 3.05) is 0 Å². The Morgan fingerprint density at radius 2 is 0.914 bits per heavy atom. The SMILES string of the molecule is CCCc1cc(C(CC)(CC)c2ccc(O)c(C)c2)ccc1/C=C/C(=O)CC.CCCc1cc(C(CC)(CC)c2ccc(O)c(C)c2)ccc1/C=C/C(O)(CC)CC. The molecule has 0 aliphatic heterocycles. The molecule has 4 aromatic rings. The molecule has 0 spiro atoms. The zero-order valence-corrected chi connectivity index (χ0v) is 37.8. The van der Waals surface area contributed by atoms with Crippen LogP contribution in [-0.4, -0.2) is 26.7 Å². The molecule has 314 valence electrons. The lowest BCUT2D eigenvalue weighted by Crippen LogP contribution is -2.26. The molecule has 4 nitrogen and oxygen atoms in total. The topological polar surface area (TPSA) is 77.8 Å². The van der Waals surface area contributed by atoms with Gasteiger partial charge in [-0.05, 0) is 139 Å². The minimum Gasteiger partial charge on any atom is -0.508 e. The van der Waals surface area contributed by atoms with E-state index in [4.69, 9.17) is 0 Å². The standard InChI is InChI=1S/C28H40O2.C26H34O2/c1-7-12-23-20-25(14-13-22(23)17-18-27(30,8-2)9-3)28(10-4,11-5)24-15-16-26(29)21(6)19-24;1-6-10-21-18-23(13-11-20(21)12-15-24(27)7-2)26(8-3,9-4)22-14-16-25(28)19(5)17-22/h13-20,29-30H,7-12H2,1-6H3;11-18,28H,6-10H2,1-5H3/b18-17+;15-12+. The fourth-order valence-corrected chi connectivity index (χ4v) is 8.51. The second-order valence-electron chi connectivity index (χ2n) is 16.2. The number of hydrogen-bond donors (Lipinski definition) is 3. The molecule has 4 aromatic carbocycles. The summed E-state index contributed by atoms with van der Waals surface area (Å²) in [7, 11) is 0. The van der Waals surface area contributed by atoms with E-state index in [0.29, 0.717) is 17.9 Å². The van der Waals surface area contributed by atoms with Gasteiger partial charge in [0.25, 0.3) is 0 Å². The van der Waals surface area contributed by atoms with Crippen molar-refractivity contribution in [3.8, 4) is 11.5 Å². The average molecular weight is 787 g/mol. The van der Waals surface area contributed by atoms with Gasteiger partial charge in [-0.15, -0.1) is 0 Å². The van der Waals surface area contributed by atoms with Crippen molar-refractivity contribution in [1.82, 2.24) is 0 Å². The summed E-state index contributed by atoms with van der Waals surface area (Å²) in [6, 6.07) is 25.6. The third-order valence-electron chi connectivity index (χ3n) is 12.9. The van der Waals surface area contributed by atoms with Crippen molar-refractivity contribution in [3.63, 3.8) is 0 Å². The molecule has 0 fully saturated rings. The first-order chi connectivity index (χ1) is 27.7. The smallest absolute Gasteiger partial charge is 0.155 e. The highest BCUT2D eigenvalue weighted by molar-refractivity contribution is 5.93. The molecule has 0 bridgehead atoms. The third kappa shape index (κ3) is 11.2. The van der Waals surface area contributed by atoms with Crippen LogP contribution in [-0.2, 0) is 28.5 Å². The monoisotopic (exact) mass is 787 g/mol. The summed E-state index contributed by atoms with van der Waals surface area (Å²) in [5, 5.41) is 30.6. The number of aryl methyl sites for hydroxylation is 4. The summed E-state index contributed by atoms with van der Waals surface area (Å²) in [6.45, 7) is 23.2. The average Bonchev–Trinajstić information content (AvgIpc) is 3.24. The minimum absolute atomic E-state index is 0.0726. The Balaban J connectivity index is 0.000000311. The normalized spacial score (nSPS) is 12.3. The first-order valence-electron chi connectivity index (χ1n) is 22.2. The quantitative estimate of drug-likeness (QED) is 0.0827. The lowest BCUT2D eigenvalue weighted by molar-refractivity contribution is -0.114. The Hall–Kier alpha value is -4.41. The Morgan fingerprint density at radius 1 is 0.534 bits per heavy atom. The largest absolute Gasteiger partial charge is 0.508 e. The van der Waals surface area contributed by atoms with E-state index < -0.39 is 5.60 Å². The predicted octanol–water partition coefficient (Wildman–Crippen LogP) is 14.1. The first kappa shape index (κ1) is 48.0. The van der Waals surface area contributed by atoms with E-state index in [1.807, 2.05) is 58.9 Å². The molecule has 0 amide bonds. The summed E-state index contributed by atoms with van der Waals surface area (Å²) in [4.78, 5) is 11.7. The summed E-state index contributed by atoms with van der Waals surface area (Å²) >= 11 is 0. The van der Waals surface area contributed by atoms with Crippen molar-refractivity contribution < 1.29 is 20.1 Å². The Kier molecular flexibility index (Phi) is 18.3. The number of rotatable bonds is 19. The van der Waals surface area contributed by atoms with Crippen LogP contribution in [0, 0.1) is 13.8 Å². The van der Waals surface area contributed by atoms with Crippen LogP contribution < -0.4 is 0 Å². The predicted molar refractivity (Wildman–Crippen MR) is 248 cm³/mol. The van der Waals surface area contributed by atoms with E-state index in [2.05, 4.69) is 108 Å². The van der Waals surface area contributed by atoms with Crippen LogP contribution in [0.3, 0.4) is 0 Å². The van der Waals surface area contributed by atoms with Gasteiger partial charge in [-0.25, -0.2) is 0 Å². The van der Waals surface area contributed by atoms with Gasteiger partial charge in [0.1, 0.15) is 11.5 Å². The van der Waals surface area contributed by atoms with Crippen LogP contribution in [0.2, 0.25) is 0 Å². The van der Waals surface area contributed by atoms with E-state index in [-0.39, 0.29) is 16.6 Å². The van der Waals surface area contributed by atoms with Crippen molar-refractivity contribution in [2.45, 2.75) is 163 Å². The molecular formula is C54H74O4. The van der Waals surface area contributed by atoms with E-state index in [1.54, 1.807) is 6.08 Å². The Bertz CT molecular complexity index is 1980. The number of aromatic hydroxyl groups is 2. The Labute approximate surface area is 352 Å². The number of phenols is 2. The number of carbonyl (C=O) groups is 1. The van der Waals surface area contributed by atoms with Gasteiger partial charge >= 0.3 is 0 Å². The molecule has 3 N–H and O–H groups in total. The van der Waals surface area contributed by atoms with Gasteiger partial charge in [-0.2, -0.15) is 0 Å². The number of carbonyl (C=O) groups excluding carboxylic acids is 1. The maximum Gasteiger partial charge on any atom is 0.155 e. The van der Waals surface area contributed by atoms with Gasteiger partial charge in [0.2, 0.25) is 0 Å². The second-order valence-corrected chi connectivity index (χ2v) is 16.2. The van der Waals surface area contributed by atoms with Gasteiger partial charge in [-0.3, -0.25) is 4.79 Å². The van der Waals surface area contributed by atoms with Gasteiger partial charge in [-0.1, -0.05) is 154 Å². The third-order valence-corrected chi connectivity index (χ3v) is 12.9. The fourth-order valence-electron chi connectivity index (χ4n) is 8.51. The fraction of sp³-hybridized carbons (Fsp3) is 0.463. The molecule has 0 heterocycles. The number of ketones is 1. The van der Waals surface area contributed by atoms with E-state index in [9.17, 15) is 20.1 Å². The molecule has 0 aliphatic rings. The number of hydrogen-bond acceptors (Lipinski definition) is 4. The summed E-state index contributed by atoms with van der Waals surface area (Å²) < 4.78 is 0. The maximum absolute atomic E-state index is 11.7. The van der Waals surface area contributed by atoms with Crippen molar-refractivity contribution >= 4 is 17.9 Å².